The van der Waals surface area contributed by atoms with Gasteiger partial charge < -0.3 is 19.5 Å². The fourth-order valence-electron chi connectivity index (χ4n) is 2.89. The van der Waals surface area contributed by atoms with Gasteiger partial charge in [-0.3, -0.25) is 4.79 Å². The first-order valence-corrected chi connectivity index (χ1v) is 10.5. The second-order valence-corrected chi connectivity index (χ2v) is 7.40. The van der Waals surface area contributed by atoms with Gasteiger partial charge in [-0.2, -0.15) is 0 Å². The topological polar surface area (TPSA) is 73.9 Å². The zero-order chi connectivity index (χ0) is 23.1. The maximum atomic E-state index is 12.7. The molecule has 0 aliphatic carbocycles. The lowest BCUT2D eigenvalue weighted by atomic mass is 10.1. The van der Waals surface area contributed by atoms with Gasteiger partial charge in [-0.15, -0.1) is 0 Å². The lowest BCUT2D eigenvalue weighted by Gasteiger charge is -2.13. The highest BCUT2D eigenvalue weighted by atomic mass is 35.5. The molecule has 32 heavy (non-hydrogen) atoms. The Morgan fingerprint density at radius 2 is 1.66 bits per heavy atom. The van der Waals surface area contributed by atoms with Crippen LogP contribution in [-0.2, 0) is 11.3 Å². The van der Waals surface area contributed by atoms with Gasteiger partial charge in [0.05, 0.1) is 24.3 Å². The Labute approximate surface area is 196 Å². The Hall–Kier alpha value is -3.22. The number of esters is 1. The average molecular weight is 474 g/mol. The number of ether oxygens (including phenoxy) is 3. The van der Waals surface area contributed by atoms with Gasteiger partial charge in [0.2, 0.25) is 0 Å². The Bertz CT molecular complexity index is 1120. The molecule has 0 aliphatic rings. The van der Waals surface area contributed by atoms with Crippen LogP contribution in [0.4, 0.5) is 5.69 Å². The summed E-state index contributed by atoms with van der Waals surface area (Å²) in [5.74, 6) is 0.264. The lowest BCUT2D eigenvalue weighted by Crippen LogP contribution is -2.13. The monoisotopic (exact) mass is 473 g/mol. The number of amides is 1. The minimum absolute atomic E-state index is 0.124. The van der Waals surface area contributed by atoms with E-state index in [4.69, 9.17) is 37.4 Å². The lowest BCUT2D eigenvalue weighted by molar-refractivity contribution is 0.0526. The van der Waals surface area contributed by atoms with E-state index in [0.717, 1.165) is 0 Å². The number of hydrogen-bond acceptors (Lipinski definition) is 5. The summed E-state index contributed by atoms with van der Waals surface area (Å²) < 4.78 is 16.1. The molecule has 0 atom stereocenters. The molecular formula is C24H21Cl2NO5. The molecule has 0 spiro atoms. The molecule has 0 radical (unpaired) electrons. The first kappa shape index (κ1) is 23.4. The van der Waals surface area contributed by atoms with Gasteiger partial charge in [0, 0.05) is 16.8 Å². The number of anilines is 1. The van der Waals surface area contributed by atoms with Crippen molar-refractivity contribution < 1.29 is 23.8 Å². The van der Waals surface area contributed by atoms with E-state index < -0.39 is 5.97 Å². The summed E-state index contributed by atoms with van der Waals surface area (Å²) >= 11 is 12.2. The van der Waals surface area contributed by atoms with Crippen molar-refractivity contribution in [2.75, 3.05) is 19.0 Å². The van der Waals surface area contributed by atoms with E-state index in [2.05, 4.69) is 5.32 Å². The average Bonchev–Trinajstić information content (AvgIpc) is 2.80. The van der Waals surface area contributed by atoms with Crippen LogP contribution in [0.15, 0.2) is 60.7 Å². The first-order valence-electron chi connectivity index (χ1n) is 9.75. The Morgan fingerprint density at radius 3 is 2.34 bits per heavy atom. The van der Waals surface area contributed by atoms with Gasteiger partial charge in [-0.05, 0) is 61.5 Å². The number of hydrogen-bond donors (Lipinski definition) is 1. The van der Waals surface area contributed by atoms with E-state index in [1.165, 1.54) is 7.11 Å². The van der Waals surface area contributed by atoms with Gasteiger partial charge in [0.1, 0.15) is 23.1 Å². The van der Waals surface area contributed by atoms with Crippen LogP contribution in [0.2, 0.25) is 10.0 Å². The van der Waals surface area contributed by atoms with Gasteiger partial charge >= 0.3 is 5.97 Å². The van der Waals surface area contributed by atoms with Gasteiger partial charge in [-0.1, -0.05) is 29.3 Å². The molecule has 3 rings (SSSR count). The smallest absolute Gasteiger partial charge is 0.338 e. The molecule has 0 saturated heterocycles. The minimum Gasteiger partial charge on any atom is -0.496 e. The van der Waals surface area contributed by atoms with Crippen LogP contribution in [0, 0.1) is 0 Å². The zero-order valence-corrected chi connectivity index (χ0v) is 19.0. The van der Waals surface area contributed by atoms with Crippen LogP contribution >= 0.6 is 23.2 Å². The van der Waals surface area contributed by atoms with Gasteiger partial charge in [0.15, 0.2) is 0 Å². The number of nitrogens with one attached hydrogen (secondary N) is 1. The first-order chi connectivity index (χ1) is 15.4. The molecule has 3 aromatic rings. The number of rotatable bonds is 8. The van der Waals surface area contributed by atoms with E-state index >= 15 is 0 Å². The summed E-state index contributed by atoms with van der Waals surface area (Å²) in [4.78, 5) is 24.5. The predicted molar refractivity (Wildman–Crippen MR) is 124 cm³/mol. The van der Waals surface area contributed by atoms with Crippen molar-refractivity contribution in [3.63, 3.8) is 0 Å². The molecule has 6 nitrogen and oxygen atoms in total. The highest BCUT2D eigenvalue weighted by Crippen LogP contribution is 2.32. The van der Waals surface area contributed by atoms with E-state index in [-0.39, 0.29) is 12.5 Å². The predicted octanol–water partition coefficient (Wildman–Crippen LogP) is 6.01. The quantitative estimate of drug-likeness (QED) is 0.405. The molecule has 0 aromatic heterocycles. The van der Waals surface area contributed by atoms with Crippen molar-refractivity contribution in [3.8, 4) is 11.5 Å². The molecule has 3 aromatic carbocycles. The van der Waals surface area contributed by atoms with E-state index in [1.54, 1.807) is 67.6 Å². The molecule has 1 amide bonds. The van der Waals surface area contributed by atoms with Crippen molar-refractivity contribution in [2.24, 2.45) is 0 Å². The molecule has 0 bridgehead atoms. The molecule has 0 unspecified atom stereocenters. The summed E-state index contributed by atoms with van der Waals surface area (Å²) in [5.41, 5.74) is 2.03. The van der Waals surface area contributed by atoms with E-state index in [9.17, 15) is 9.59 Å². The molecule has 1 N–H and O–H groups in total. The molecule has 0 heterocycles. The fourth-order valence-corrected chi connectivity index (χ4v) is 3.24. The largest absolute Gasteiger partial charge is 0.496 e. The van der Waals surface area contributed by atoms with Crippen molar-refractivity contribution in [1.82, 2.24) is 0 Å². The second-order valence-electron chi connectivity index (χ2n) is 6.62. The third kappa shape index (κ3) is 5.72. The maximum Gasteiger partial charge on any atom is 0.338 e. The molecule has 0 aliphatic heterocycles. The maximum absolute atomic E-state index is 12.7. The molecule has 8 heteroatoms. The summed E-state index contributed by atoms with van der Waals surface area (Å²) in [6.07, 6.45) is 0. The number of halogens is 2. The Morgan fingerprint density at radius 1 is 0.938 bits per heavy atom. The van der Waals surface area contributed by atoms with Crippen molar-refractivity contribution >= 4 is 40.8 Å². The molecular weight excluding hydrogens is 453 g/mol. The normalized spacial score (nSPS) is 10.4. The van der Waals surface area contributed by atoms with Crippen LogP contribution in [0.5, 0.6) is 11.5 Å². The van der Waals surface area contributed by atoms with E-state index in [1.807, 2.05) is 0 Å². The Balaban J connectivity index is 1.73. The zero-order valence-electron chi connectivity index (χ0n) is 17.5. The fraction of sp³-hybridized carbons (Fsp3) is 0.167. The van der Waals surface area contributed by atoms with Crippen molar-refractivity contribution in [1.29, 1.82) is 0 Å². The summed E-state index contributed by atoms with van der Waals surface area (Å²) in [6.45, 7) is 2.16. The van der Waals surface area contributed by atoms with Gasteiger partial charge in [-0.25, -0.2) is 4.79 Å². The molecule has 166 valence electrons. The SMILES string of the molecule is CCOC(=O)c1ccc(NC(=O)c2ccc(OC)c(COc3cccc(Cl)c3Cl)c2)cc1. The summed E-state index contributed by atoms with van der Waals surface area (Å²) in [7, 11) is 1.54. The van der Waals surface area contributed by atoms with Crippen LogP contribution in [-0.4, -0.2) is 25.6 Å². The van der Waals surface area contributed by atoms with Crippen LogP contribution in [0.25, 0.3) is 0 Å². The second kappa shape index (κ2) is 10.9. The highest BCUT2D eigenvalue weighted by Gasteiger charge is 2.13. The summed E-state index contributed by atoms with van der Waals surface area (Å²) in [5, 5.41) is 3.50. The molecule has 0 saturated carbocycles. The standard InChI is InChI=1S/C24H21Cl2NO5/c1-3-31-24(29)15-7-10-18(11-8-15)27-23(28)16-9-12-20(30-2)17(13-16)14-32-21-6-4-5-19(25)22(21)26/h4-13H,3,14H2,1-2H3,(H,27,28). The number of methoxy groups -OCH3 is 1. The van der Waals surface area contributed by atoms with Crippen molar-refractivity contribution in [2.45, 2.75) is 13.5 Å². The van der Waals surface area contributed by atoms with Crippen molar-refractivity contribution in [3.05, 3.63) is 87.4 Å². The number of carbonyl (C=O) groups excluding carboxylic acids is 2. The van der Waals surface area contributed by atoms with Gasteiger partial charge in [0.25, 0.3) is 5.91 Å². The third-order valence-corrected chi connectivity index (χ3v) is 5.30. The minimum atomic E-state index is -0.412. The Kier molecular flexibility index (Phi) is 7.98. The number of carbonyl (C=O) groups is 2. The number of benzene rings is 3. The van der Waals surface area contributed by atoms with Crippen LogP contribution < -0.4 is 14.8 Å². The molecule has 0 fully saturated rings. The summed E-state index contributed by atoms with van der Waals surface area (Å²) in [6, 6.07) is 16.6. The van der Waals surface area contributed by atoms with Crippen LogP contribution in [0.3, 0.4) is 0 Å². The van der Waals surface area contributed by atoms with E-state index in [0.29, 0.717) is 50.5 Å². The highest BCUT2D eigenvalue weighted by molar-refractivity contribution is 6.42. The van der Waals surface area contributed by atoms with Crippen LogP contribution in [0.1, 0.15) is 33.2 Å². The third-order valence-electron chi connectivity index (χ3n) is 4.50.